The van der Waals surface area contributed by atoms with Crippen LogP contribution in [0.2, 0.25) is 0 Å². The molecular formula is C7H11Br. The molecule has 8 heavy (non-hydrogen) atoms. The average molecular weight is 175 g/mol. The third-order valence-corrected chi connectivity index (χ3v) is 1.70. The molecule has 0 bridgehead atoms. The molecule has 0 aliphatic rings. The van der Waals surface area contributed by atoms with Gasteiger partial charge < -0.3 is 0 Å². The summed E-state index contributed by atoms with van der Waals surface area (Å²) in [6.07, 6.45) is 4.96. The second-order valence-corrected chi connectivity index (χ2v) is 2.11. The minimum absolute atomic E-state index is 0.968. The average Bonchev–Trinajstić information content (AvgIpc) is 1.83. The lowest BCUT2D eigenvalue weighted by atomic mass is 10.2. The topological polar surface area (TPSA) is 0 Å². The molecule has 0 spiro atoms. The molecule has 0 fully saturated rings. The Bertz CT molecular complexity index is 86.6. The van der Waals surface area contributed by atoms with Crippen LogP contribution in [0.25, 0.3) is 0 Å². The van der Waals surface area contributed by atoms with Crippen molar-refractivity contribution in [3.05, 3.63) is 24.3 Å². The zero-order valence-electron chi connectivity index (χ0n) is 5.15. The summed E-state index contributed by atoms with van der Waals surface area (Å²) in [5.74, 6) is 0. The molecule has 0 aromatic carbocycles. The smallest absolute Gasteiger partial charge is 0.0244 e. The number of rotatable bonds is 3. The highest BCUT2D eigenvalue weighted by molar-refractivity contribution is 9.09. The Balaban J connectivity index is 3.66. The van der Waals surface area contributed by atoms with E-state index in [9.17, 15) is 0 Å². The van der Waals surface area contributed by atoms with E-state index in [1.54, 1.807) is 0 Å². The molecule has 0 saturated heterocycles. The molecule has 0 nitrogen and oxygen atoms in total. The fraction of sp³-hybridized carbons (Fsp3) is 0.429. The Kier molecular flexibility index (Phi) is 5.08. The van der Waals surface area contributed by atoms with Gasteiger partial charge >= 0.3 is 0 Å². The van der Waals surface area contributed by atoms with Gasteiger partial charge in [0.1, 0.15) is 0 Å². The molecule has 0 heterocycles. The van der Waals surface area contributed by atoms with E-state index in [1.165, 1.54) is 5.57 Å². The SMILES string of the molecule is C=CC=C(CC)CBr. The molecule has 0 saturated carbocycles. The molecule has 0 unspecified atom stereocenters. The standard InChI is InChI=1S/C7H11Br/c1-3-5-7(4-2)6-8/h3,5H,1,4,6H2,2H3. The fourth-order valence-corrected chi connectivity index (χ4v) is 1.01. The molecule has 0 radical (unpaired) electrons. The van der Waals surface area contributed by atoms with Crippen LogP contribution in [0.3, 0.4) is 0 Å². The van der Waals surface area contributed by atoms with Gasteiger partial charge in [-0.2, -0.15) is 0 Å². The molecule has 46 valence electrons. The third kappa shape index (κ3) is 3.03. The van der Waals surface area contributed by atoms with Gasteiger partial charge in [0.2, 0.25) is 0 Å². The van der Waals surface area contributed by atoms with Crippen molar-refractivity contribution in [3.63, 3.8) is 0 Å². The predicted octanol–water partition coefficient (Wildman–Crippen LogP) is 2.90. The maximum absolute atomic E-state index is 3.60. The van der Waals surface area contributed by atoms with Gasteiger partial charge in [-0.3, -0.25) is 0 Å². The van der Waals surface area contributed by atoms with Crippen molar-refractivity contribution in [3.8, 4) is 0 Å². The van der Waals surface area contributed by atoms with Crippen molar-refractivity contribution >= 4 is 15.9 Å². The zero-order chi connectivity index (χ0) is 6.41. The highest BCUT2D eigenvalue weighted by Crippen LogP contribution is 2.03. The van der Waals surface area contributed by atoms with Gasteiger partial charge in [-0.05, 0) is 6.42 Å². The van der Waals surface area contributed by atoms with Crippen LogP contribution in [0, 0.1) is 0 Å². The highest BCUT2D eigenvalue weighted by atomic mass is 79.9. The van der Waals surface area contributed by atoms with Crippen LogP contribution in [-0.2, 0) is 0 Å². The van der Waals surface area contributed by atoms with Crippen LogP contribution < -0.4 is 0 Å². The molecule has 0 amide bonds. The fourth-order valence-electron chi connectivity index (χ4n) is 0.424. The number of hydrogen-bond acceptors (Lipinski definition) is 0. The minimum atomic E-state index is 0.968. The van der Waals surface area contributed by atoms with Gasteiger partial charge in [-0.15, -0.1) is 0 Å². The summed E-state index contributed by atoms with van der Waals surface area (Å²) in [5, 5.41) is 0.968. The zero-order valence-corrected chi connectivity index (χ0v) is 6.74. The molecule has 0 aromatic heterocycles. The summed E-state index contributed by atoms with van der Waals surface area (Å²) in [7, 11) is 0. The van der Waals surface area contributed by atoms with Gasteiger partial charge in [-0.1, -0.05) is 47.2 Å². The van der Waals surface area contributed by atoms with E-state index in [0.29, 0.717) is 0 Å². The second kappa shape index (κ2) is 5.10. The maximum Gasteiger partial charge on any atom is 0.0244 e. The molecule has 0 aliphatic carbocycles. The quantitative estimate of drug-likeness (QED) is 0.457. The predicted molar refractivity (Wildman–Crippen MR) is 42.4 cm³/mol. The normalized spacial score (nSPS) is 11.5. The van der Waals surface area contributed by atoms with E-state index in [4.69, 9.17) is 0 Å². The monoisotopic (exact) mass is 174 g/mol. The molecule has 1 heteroatoms. The van der Waals surface area contributed by atoms with Crippen LogP contribution in [0.4, 0.5) is 0 Å². The lowest BCUT2D eigenvalue weighted by molar-refractivity contribution is 1.11. The summed E-state index contributed by atoms with van der Waals surface area (Å²) in [6, 6.07) is 0. The van der Waals surface area contributed by atoms with Gasteiger partial charge in [-0.25, -0.2) is 0 Å². The molecule has 0 rings (SSSR count). The van der Waals surface area contributed by atoms with Crippen molar-refractivity contribution < 1.29 is 0 Å². The van der Waals surface area contributed by atoms with Gasteiger partial charge in [0.15, 0.2) is 0 Å². The number of allylic oxidation sites excluding steroid dienone is 3. The van der Waals surface area contributed by atoms with E-state index in [2.05, 4.69) is 29.4 Å². The third-order valence-electron chi connectivity index (χ3n) is 0.979. The maximum atomic E-state index is 3.60. The molecule has 0 N–H and O–H groups in total. The van der Waals surface area contributed by atoms with Crippen molar-refractivity contribution in [2.24, 2.45) is 0 Å². The summed E-state index contributed by atoms with van der Waals surface area (Å²) in [5.41, 5.74) is 1.39. The lowest BCUT2D eigenvalue weighted by Crippen LogP contribution is -1.77. The second-order valence-electron chi connectivity index (χ2n) is 1.55. The van der Waals surface area contributed by atoms with Gasteiger partial charge in [0.25, 0.3) is 0 Å². The molecule has 0 aromatic rings. The summed E-state index contributed by atoms with van der Waals surface area (Å²) >= 11 is 3.36. The van der Waals surface area contributed by atoms with Gasteiger partial charge in [0.05, 0.1) is 0 Å². The van der Waals surface area contributed by atoms with Crippen LogP contribution in [0.1, 0.15) is 13.3 Å². The van der Waals surface area contributed by atoms with Crippen LogP contribution >= 0.6 is 15.9 Å². The number of alkyl halides is 1. The van der Waals surface area contributed by atoms with Crippen molar-refractivity contribution in [2.45, 2.75) is 13.3 Å². The first-order valence-electron chi connectivity index (χ1n) is 2.71. The van der Waals surface area contributed by atoms with E-state index in [-0.39, 0.29) is 0 Å². The van der Waals surface area contributed by atoms with E-state index in [0.717, 1.165) is 11.8 Å². The van der Waals surface area contributed by atoms with E-state index < -0.39 is 0 Å². The summed E-state index contributed by atoms with van der Waals surface area (Å²) in [4.78, 5) is 0. The Labute approximate surface area is 59.4 Å². The Hall–Kier alpha value is -0.0400. The molecule has 0 atom stereocenters. The van der Waals surface area contributed by atoms with Crippen molar-refractivity contribution in [1.29, 1.82) is 0 Å². The highest BCUT2D eigenvalue weighted by Gasteiger charge is 1.84. The largest absolute Gasteiger partial charge is 0.0991 e. The first-order chi connectivity index (χ1) is 3.85. The first kappa shape index (κ1) is 7.96. The van der Waals surface area contributed by atoms with Crippen LogP contribution in [-0.4, -0.2) is 5.33 Å². The lowest BCUT2D eigenvalue weighted by Gasteiger charge is -1.92. The Morgan fingerprint density at radius 2 is 2.38 bits per heavy atom. The van der Waals surface area contributed by atoms with Crippen molar-refractivity contribution in [1.82, 2.24) is 0 Å². The molecule has 0 aliphatic heterocycles. The van der Waals surface area contributed by atoms with Crippen LogP contribution in [0.5, 0.6) is 0 Å². The minimum Gasteiger partial charge on any atom is -0.0991 e. The van der Waals surface area contributed by atoms with E-state index in [1.807, 2.05) is 12.2 Å². The first-order valence-corrected chi connectivity index (χ1v) is 3.83. The molecular weight excluding hydrogens is 164 g/mol. The van der Waals surface area contributed by atoms with Gasteiger partial charge in [0, 0.05) is 5.33 Å². The Morgan fingerprint density at radius 3 is 2.50 bits per heavy atom. The van der Waals surface area contributed by atoms with Crippen LogP contribution in [0.15, 0.2) is 24.3 Å². The summed E-state index contributed by atoms with van der Waals surface area (Å²) in [6.45, 7) is 5.73. The number of hydrogen-bond donors (Lipinski definition) is 0. The van der Waals surface area contributed by atoms with Crippen molar-refractivity contribution in [2.75, 3.05) is 5.33 Å². The Morgan fingerprint density at radius 1 is 1.75 bits per heavy atom. The van der Waals surface area contributed by atoms with E-state index >= 15 is 0 Å². The number of halogens is 1. The summed E-state index contributed by atoms with van der Waals surface area (Å²) < 4.78 is 0.